The van der Waals surface area contributed by atoms with E-state index < -0.39 is 6.04 Å². The fraction of sp³-hybridized carbons (Fsp3) is 0.355. The van der Waals surface area contributed by atoms with Crippen molar-refractivity contribution in [2.24, 2.45) is 0 Å². The third kappa shape index (κ3) is 9.06. The van der Waals surface area contributed by atoms with Crippen molar-refractivity contribution < 1.29 is 9.59 Å². The zero-order valence-electron chi connectivity index (χ0n) is 22.1. The highest BCUT2D eigenvalue weighted by Gasteiger charge is 2.32. The van der Waals surface area contributed by atoms with E-state index in [9.17, 15) is 9.59 Å². The van der Waals surface area contributed by atoms with Crippen molar-refractivity contribution in [3.8, 4) is 0 Å². The van der Waals surface area contributed by atoms with Gasteiger partial charge in [0.15, 0.2) is 0 Å². The quantitative estimate of drug-likeness (QED) is 0.229. The second kappa shape index (κ2) is 15.4. The molecule has 4 nitrogen and oxygen atoms in total. The molecule has 4 rings (SSSR count). The van der Waals surface area contributed by atoms with Crippen LogP contribution in [0.4, 0.5) is 0 Å². The van der Waals surface area contributed by atoms with E-state index >= 15 is 0 Å². The largest absolute Gasteiger partial charge is 0.352 e. The highest BCUT2D eigenvalue weighted by Crippen LogP contribution is 2.27. The first kappa shape index (κ1) is 31.1. The van der Waals surface area contributed by atoms with E-state index in [1.165, 1.54) is 18.2 Å². The number of hydrogen-bond donors (Lipinski definition) is 1. The van der Waals surface area contributed by atoms with Crippen molar-refractivity contribution in [3.05, 3.63) is 104 Å². The van der Waals surface area contributed by atoms with Crippen LogP contribution in [0, 0.1) is 0 Å². The molecule has 3 aromatic rings. The molecule has 0 spiro atoms. The lowest BCUT2D eigenvalue weighted by Gasteiger charge is -2.33. The Kier molecular flexibility index (Phi) is 11.9. The van der Waals surface area contributed by atoms with Gasteiger partial charge in [-0.2, -0.15) is 0 Å². The number of benzene rings is 3. The van der Waals surface area contributed by atoms with Gasteiger partial charge >= 0.3 is 0 Å². The molecule has 1 aliphatic carbocycles. The normalized spacial score (nSPS) is 14.5. The van der Waals surface area contributed by atoms with Gasteiger partial charge in [0.05, 0.1) is 15.8 Å². The third-order valence-corrected chi connectivity index (χ3v) is 9.35. The zero-order chi connectivity index (χ0) is 28.5. The Hall–Kier alpha value is -1.89. The Morgan fingerprint density at radius 3 is 2.30 bits per heavy atom. The highest BCUT2D eigenvalue weighted by molar-refractivity contribution is 7.99. The number of carbonyl (C=O) groups excluding carboxylic acids is 2. The van der Waals surface area contributed by atoms with Gasteiger partial charge in [-0.1, -0.05) is 108 Å². The van der Waals surface area contributed by atoms with Crippen molar-refractivity contribution in [1.29, 1.82) is 0 Å². The Morgan fingerprint density at radius 2 is 1.60 bits per heavy atom. The number of nitrogens with zero attached hydrogens (tertiary/aromatic N) is 1. The summed E-state index contributed by atoms with van der Waals surface area (Å²) in [5, 5.41) is 5.23. The molecule has 0 aliphatic heterocycles. The number of amides is 2. The minimum Gasteiger partial charge on any atom is -0.352 e. The minimum atomic E-state index is -0.689. The second-order valence-corrected chi connectivity index (χ2v) is 12.7. The Morgan fingerprint density at radius 1 is 0.850 bits per heavy atom. The first-order valence-corrected chi connectivity index (χ1v) is 16.1. The van der Waals surface area contributed by atoms with Crippen LogP contribution in [0.5, 0.6) is 0 Å². The molecule has 0 saturated heterocycles. The van der Waals surface area contributed by atoms with Crippen LogP contribution in [0.3, 0.4) is 0 Å². The number of thioether (sulfide) groups is 1. The van der Waals surface area contributed by atoms with Crippen molar-refractivity contribution in [1.82, 2.24) is 10.2 Å². The summed E-state index contributed by atoms with van der Waals surface area (Å²) < 4.78 is 0. The SMILES string of the molecule is O=C(NC1CCCCC1)[C@@H](Cc1ccccc1)N(Cc1ccc(Cl)c(Cl)c1)C(=O)CSCc1ccc(Cl)cc1Cl. The van der Waals surface area contributed by atoms with E-state index in [4.69, 9.17) is 46.4 Å². The zero-order valence-corrected chi connectivity index (χ0v) is 25.9. The van der Waals surface area contributed by atoms with Crippen LogP contribution in [-0.4, -0.2) is 34.6 Å². The summed E-state index contributed by atoms with van der Waals surface area (Å²) in [7, 11) is 0. The van der Waals surface area contributed by atoms with Crippen LogP contribution in [0.1, 0.15) is 48.8 Å². The van der Waals surface area contributed by atoms with Crippen LogP contribution in [0.2, 0.25) is 20.1 Å². The second-order valence-electron chi connectivity index (χ2n) is 10.0. The van der Waals surface area contributed by atoms with Crippen molar-refractivity contribution in [2.45, 2.75) is 62.9 Å². The fourth-order valence-corrected chi connectivity index (χ4v) is 6.69. The van der Waals surface area contributed by atoms with Gasteiger partial charge in [0.1, 0.15) is 6.04 Å². The molecule has 2 amide bonds. The van der Waals surface area contributed by atoms with E-state index in [1.807, 2.05) is 42.5 Å². The number of hydrogen-bond acceptors (Lipinski definition) is 3. The Bertz CT molecular complexity index is 1300. The summed E-state index contributed by atoms with van der Waals surface area (Å²) in [5.41, 5.74) is 2.69. The monoisotopic (exact) mass is 636 g/mol. The van der Waals surface area contributed by atoms with E-state index in [-0.39, 0.29) is 30.2 Å². The maximum atomic E-state index is 13.9. The fourth-order valence-electron chi connectivity index (χ4n) is 4.90. The number of nitrogens with one attached hydrogen (secondary N) is 1. The molecular formula is C31H32Cl4N2O2S. The summed E-state index contributed by atoms with van der Waals surface area (Å²) in [4.78, 5) is 29.4. The van der Waals surface area contributed by atoms with Crippen LogP contribution in [-0.2, 0) is 28.3 Å². The maximum absolute atomic E-state index is 13.9. The van der Waals surface area contributed by atoms with Crippen molar-refractivity contribution >= 4 is 70.0 Å². The van der Waals surface area contributed by atoms with Crippen molar-refractivity contribution in [2.75, 3.05) is 5.75 Å². The lowest BCUT2D eigenvalue weighted by molar-refractivity contribution is -0.139. The van der Waals surface area contributed by atoms with E-state index in [1.54, 1.807) is 29.2 Å². The number of rotatable bonds is 11. The molecule has 1 N–H and O–H groups in total. The molecule has 3 aromatic carbocycles. The van der Waals surface area contributed by atoms with Gasteiger partial charge in [-0.3, -0.25) is 9.59 Å². The number of carbonyl (C=O) groups is 2. The molecule has 0 aromatic heterocycles. The minimum absolute atomic E-state index is 0.128. The highest BCUT2D eigenvalue weighted by atomic mass is 35.5. The van der Waals surface area contributed by atoms with Crippen LogP contribution in [0.15, 0.2) is 66.7 Å². The van der Waals surface area contributed by atoms with Gasteiger partial charge < -0.3 is 10.2 Å². The van der Waals surface area contributed by atoms with Gasteiger partial charge in [-0.05, 0) is 53.8 Å². The molecule has 40 heavy (non-hydrogen) atoms. The van der Waals surface area contributed by atoms with Crippen molar-refractivity contribution in [3.63, 3.8) is 0 Å². The average molecular weight is 638 g/mol. The number of halogens is 4. The van der Waals surface area contributed by atoms with Gasteiger partial charge in [-0.25, -0.2) is 0 Å². The van der Waals surface area contributed by atoms with Crippen LogP contribution < -0.4 is 5.32 Å². The van der Waals surface area contributed by atoms with Gasteiger partial charge in [-0.15, -0.1) is 11.8 Å². The molecule has 1 aliphatic rings. The van der Waals surface area contributed by atoms with Gasteiger partial charge in [0, 0.05) is 34.8 Å². The molecule has 1 saturated carbocycles. The summed E-state index contributed by atoms with van der Waals surface area (Å²) in [5.74, 6) is 0.457. The average Bonchev–Trinajstić information content (AvgIpc) is 2.94. The smallest absolute Gasteiger partial charge is 0.243 e. The lowest BCUT2D eigenvalue weighted by Crippen LogP contribution is -2.53. The van der Waals surface area contributed by atoms with Crippen LogP contribution >= 0.6 is 58.2 Å². The van der Waals surface area contributed by atoms with E-state index in [0.29, 0.717) is 32.3 Å². The molecule has 0 bridgehead atoms. The van der Waals surface area contributed by atoms with E-state index in [0.717, 1.165) is 42.4 Å². The molecule has 1 fully saturated rings. The van der Waals surface area contributed by atoms with Gasteiger partial charge in [0.2, 0.25) is 11.8 Å². The van der Waals surface area contributed by atoms with E-state index in [2.05, 4.69) is 5.32 Å². The summed E-state index contributed by atoms with van der Waals surface area (Å²) >= 11 is 26.3. The molecule has 0 heterocycles. The Labute approximate surface area is 260 Å². The third-order valence-electron chi connectivity index (χ3n) is 7.06. The predicted molar refractivity (Wildman–Crippen MR) is 169 cm³/mol. The van der Waals surface area contributed by atoms with Crippen LogP contribution in [0.25, 0.3) is 0 Å². The molecular weight excluding hydrogens is 606 g/mol. The first-order chi connectivity index (χ1) is 19.3. The standard InChI is InChI=1S/C31H32Cl4N2O2S/c32-24-13-12-23(27(34)17-24)19-40-20-30(38)37(18-22-11-14-26(33)28(35)15-22)29(16-21-7-3-1-4-8-21)31(39)36-25-9-5-2-6-10-25/h1,3-4,7-8,11-15,17,25,29H,2,5-6,9-10,16,18-20H2,(H,36,39)/t29-/m1/s1. The summed E-state index contributed by atoms with van der Waals surface area (Å²) in [6.45, 7) is 0.230. The molecule has 0 radical (unpaired) electrons. The summed E-state index contributed by atoms with van der Waals surface area (Å²) in [6, 6.07) is 19.9. The molecule has 0 unspecified atom stereocenters. The predicted octanol–water partition coefficient (Wildman–Crippen LogP) is 8.62. The molecule has 1 atom stereocenters. The van der Waals surface area contributed by atoms with Gasteiger partial charge in [0.25, 0.3) is 0 Å². The topological polar surface area (TPSA) is 49.4 Å². The lowest BCUT2D eigenvalue weighted by atomic mass is 9.94. The molecule has 9 heteroatoms. The Balaban J connectivity index is 1.58. The first-order valence-electron chi connectivity index (χ1n) is 13.4. The molecule has 212 valence electrons. The summed E-state index contributed by atoms with van der Waals surface area (Å²) in [6.07, 6.45) is 5.72. The maximum Gasteiger partial charge on any atom is 0.243 e.